The number of nitrogens with zero attached hydrogens (tertiary/aromatic N) is 1. The van der Waals surface area contributed by atoms with E-state index in [4.69, 9.17) is 4.74 Å². The summed E-state index contributed by atoms with van der Waals surface area (Å²) in [5.41, 5.74) is 2.31. The van der Waals surface area contributed by atoms with Crippen LogP contribution in [0.1, 0.15) is 17.3 Å². The average molecular weight is 351 g/mol. The molecule has 0 aliphatic heterocycles. The number of carbonyl (C=O) groups is 1. The van der Waals surface area contributed by atoms with Gasteiger partial charge >= 0.3 is 0 Å². The van der Waals surface area contributed by atoms with E-state index in [0.717, 1.165) is 0 Å². The summed E-state index contributed by atoms with van der Waals surface area (Å²) in [6.45, 7) is 2.39. The molecule has 1 aromatic heterocycles. The molecular formula is C20H18FN3O2. The molecule has 5 nitrogen and oxygen atoms in total. The maximum Gasteiger partial charge on any atom is 0.257 e. The van der Waals surface area contributed by atoms with Crippen molar-refractivity contribution in [1.82, 2.24) is 4.98 Å². The van der Waals surface area contributed by atoms with Gasteiger partial charge in [0.15, 0.2) is 0 Å². The minimum absolute atomic E-state index is 0.299. The van der Waals surface area contributed by atoms with E-state index in [1.165, 1.54) is 18.3 Å². The summed E-state index contributed by atoms with van der Waals surface area (Å²) < 4.78 is 18.5. The molecule has 3 rings (SSSR count). The van der Waals surface area contributed by atoms with Crippen LogP contribution in [0, 0.1) is 5.82 Å². The third-order valence-corrected chi connectivity index (χ3v) is 3.57. The zero-order valence-electron chi connectivity index (χ0n) is 14.2. The van der Waals surface area contributed by atoms with Crippen molar-refractivity contribution in [3.63, 3.8) is 0 Å². The fourth-order valence-corrected chi connectivity index (χ4v) is 2.38. The second kappa shape index (κ2) is 8.11. The van der Waals surface area contributed by atoms with Crippen molar-refractivity contribution < 1.29 is 13.9 Å². The second-order valence-electron chi connectivity index (χ2n) is 5.48. The molecule has 0 radical (unpaired) electrons. The van der Waals surface area contributed by atoms with Crippen LogP contribution in [0.3, 0.4) is 0 Å². The Labute approximate surface area is 150 Å². The van der Waals surface area contributed by atoms with E-state index >= 15 is 0 Å². The fraction of sp³-hybridized carbons (Fsp3) is 0.100. The van der Waals surface area contributed by atoms with Gasteiger partial charge in [-0.2, -0.15) is 0 Å². The van der Waals surface area contributed by atoms with Crippen LogP contribution in [0.2, 0.25) is 0 Å². The standard InChI is InChI=1S/C20H18FN3O2/c1-2-26-19-6-4-3-5-18(19)24-20(25)14-11-17(13-22-12-14)23-16-9-7-15(21)8-10-16/h3-13,23H,2H2,1H3,(H,24,25). The summed E-state index contributed by atoms with van der Waals surface area (Å²) in [4.78, 5) is 16.6. The molecule has 1 heterocycles. The van der Waals surface area contributed by atoms with Crippen LogP contribution in [0.15, 0.2) is 67.0 Å². The number of hydrogen-bond acceptors (Lipinski definition) is 4. The summed E-state index contributed by atoms with van der Waals surface area (Å²) in [5.74, 6) is -0.000855. The van der Waals surface area contributed by atoms with E-state index in [-0.39, 0.29) is 11.7 Å². The number of aromatic nitrogens is 1. The summed E-state index contributed by atoms with van der Waals surface area (Å²) in [6.07, 6.45) is 3.07. The number of rotatable bonds is 6. The van der Waals surface area contributed by atoms with Gasteiger partial charge in [0.1, 0.15) is 11.6 Å². The number of nitrogens with one attached hydrogen (secondary N) is 2. The zero-order valence-corrected chi connectivity index (χ0v) is 14.2. The maximum absolute atomic E-state index is 13.0. The van der Waals surface area contributed by atoms with Gasteiger partial charge in [0.05, 0.1) is 29.7 Å². The number of ether oxygens (including phenoxy) is 1. The van der Waals surface area contributed by atoms with Gasteiger partial charge in [-0.15, -0.1) is 0 Å². The minimum Gasteiger partial charge on any atom is -0.492 e. The van der Waals surface area contributed by atoms with Crippen LogP contribution in [-0.2, 0) is 0 Å². The van der Waals surface area contributed by atoms with Crippen LogP contribution in [0.5, 0.6) is 5.75 Å². The lowest BCUT2D eigenvalue weighted by molar-refractivity contribution is 0.102. The van der Waals surface area contributed by atoms with Crippen molar-refractivity contribution in [2.75, 3.05) is 17.2 Å². The first kappa shape index (κ1) is 17.4. The SMILES string of the molecule is CCOc1ccccc1NC(=O)c1cncc(Nc2ccc(F)cc2)c1. The second-order valence-corrected chi connectivity index (χ2v) is 5.48. The zero-order chi connectivity index (χ0) is 18.4. The normalized spacial score (nSPS) is 10.2. The summed E-state index contributed by atoms with van der Waals surface area (Å²) in [5, 5.41) is 5.92. The third kappa shape index (κ3) is 4.36. The monoisotopic (exact) mass is 351 g/mol. The largest absolute Gasteiger partial charge is 0.492 e. The highest BCUT2D eigenvalue weighted by Crippen LogP contribution is 2.24. The molecule has 1 amide bonds. The van der Waals surface area contributed by atoms with E-state index < -0.39 is 0 Å². The molecule has 0 saturated carbocycles. The van der Waals surface area contributed by atoms with Crippen molar-refractivity contribution in [3.05, 3.63) is 78.4 Å². The molecule has 0 bridgehead atoms. The Morgan fingerprint density at radius 3 is 2.62 bits per heavy atom. The smallest absolute Gasteiger partial charge is 0.257 e. The number of hydrogen-bond donors (Lipinski definition) is 2. The Kier molecular flexibility index (Phi) is 5.43. The van der Waals surface area contributed by atoms with Crippen molar-refractivity contribution in [2.45, 2.75) is 6.92 Å². The van der Waals surface area contributed by atoms with Gasteiger partial charge in [-0.05, 0) is 49.4 Å². The molecule has 0 aliphatic carbocycles. The van der Waals surface area contributed by atoms with Gasteiger partial charge in [-0.25, -0.2) is 4.39 Å². The van der Waals surface area contributed by atoms with Crippen molar-refractivity contribution in [1.29, 1.82) is 0 Å². The van der Waals surface area contributed by atoms with Crippen molar-refractivity contribution in [3.8, 4) is 5.75 Å². The number of para-hydroxylation sites is 2. The predicted octanol–water partition coefficient (Wildman–Crippen LogP) is 4.62. The molecule has 0 spiro atoms. The number of carbonyl (C=O) groups excluding carboxylic acids is 1. The first-order valence-electron chi connectivity index (χ1n) is 8.16. The Morgan fingerprint density at radius 2 is 1.85 bits per heavy atom. The van der Waals surface area contributed by atoms with Crippen LogP contribution in [0.25, 0.3) is 0 Å². The van der Waals surface area contributed by atoms with Gasteiger partial charge in [-0.1, -0.05) is 12.1 Å². The lowest BCUT2D eigenvalue weighted by Crippen LogP contribution is -2.13. The van der Waals surface area contributed by atoms with Crippen LogP contribution < -0.4 is 15.4 Å². The molecule has 0 fully saturated rings. The third-order valence-electron chi connectivity index (χ3n) is 3.57. The highest BCUT2D eigenvalue weighted by atomic mass is 19.1. The molecule has 0 aliphatic rings. The number of benzene rings is 2. The Bertz CT molecular complexity index is 898. The maximum atomic E-state index is 13.0. The first-order valence-corrected chi connectivity index (χ1v) is 8.16. The minimum atomic E-state index is -0.310. The highest BCUT2D eigenvalue weighted by Gasteiger charge is 2.11. The number of anilines is 3. The van der Waals surface area contributed by atoms with Crippen LogP contribution >= 0.6 is 0 Å². The molecule has 0 saturated heterocycles. The van der Waals surface area contributed by atoms with Gasteiger partial charge < -0.3 is 15.4 Å². The lowest BCUT2D eigenvalue weighted by atomic mass is 10.2. The molecular weight excluding hydrogens is 333 g/mol. The van der Waals surface area contributed by atoms with Crippen molar-refractivity contribution in [2.24, 2.45) is 0 Å². The number of amides is 1. The van der Waals surface area contributed by atoms with Crippen LogP contribution in [0.4, 0.5) is 21.5 Å². The first-order chi connectivity index (χ1) is 12.7. The van der Waals surface area contributed by atoms with Gasteiger partial charge in [-0.3, -0.25) is 9.78 Å². The molecule has 0 unspecified atom stereocenters. The molecule has 6 heteroatoms. The molecule has 3 aromatic rings. The van der Waals surface area contributed by atoms with Gasteiger partial charge in [0.2, 0.25) is 0 Å². The van der Waals surface area contributed by atoms with Crippen LogP contribution in [-0.4, -0.2) is 17.5 Å². The molecule has 2 N–H and O–H groups in total. The van der Waals surface area contributed by atoms with E-state index in [1.54, 1.807) is 36.5 Å². The summed E-state index contributed by atoms with van der Waals surface area (Å²) in [7, 11) is 0. The highest BCUT2D eigenvalue weighted by molar-refractivity contribution is 6.05. The quantitative estimate of drug-likeness (QED) is 0.680. The van der Waals surface area contributed by atoms with E-state index in [2.05, 4.69) is 15.6 Å². The Morgan fingerprint density at radius 1 is 1.08 bits per heavy atom. The molecule has 2 aromatic carbocycles. The topological polar surface area (TPSA) is 63.2 Å². The molecule has 0 atom stereocenters. The molecule has 26 heavy (non-hydrogen) atoms. The van der Waals surface area contributed by atoms with Gasteiger partial charge in [0.25, 0.3) is 5.91 Å². The van der Waals surface area contributed by atoms with Crippen molar-refractivity contribution >= 4 is 23.0 Å². The number of pyridine rings is 1. The van der Waals surface area contributed by atoms with E-state index in [0.29, 0.717) is 35.0 Å². The predicted molar refractivity (Wildman–Crippen MR) is 99.5 cm³/mol. The number of halogens is 1. The molecule has 132 valence electrons. The van der Waals surface area contributed by atoms with E-state index in [9.17, 15) is 9.18 Å². The summed E-state index contributed by atoms with van der Waals surface area (Å²) >= 11 is 0. The van der Waals surface area contributed by atoms with E-state index in [1.807, 2.05) is 19.1 Å². The average Bonchev–Trinajstić information content (AvgIpc) is 2.66. The summed E-state index contributed by atoms with van der Waals surface area (Å²) in [6, 6.07) is 14.9. The lowest BCUT2D eigenvalue weighted by Gasteiger charge is -2.12. The Balaban J connectivity index is 1.75. The Hall–Kier alpha value is -3.41. The fourth-order valence-electron chi connectivity index (χ4n) is 2.38. The van der Waals surface area contributed by atoms with Gasteiger partial charge in [0, 0.05) is 11.9 Å².